The predicted octanol–water partition coefficient (Wildman–Crippen LogP) is 5.67. The fourth-order valence-electron chi connectivity index (χ4n) is 4.03. The molecule has 2 atom stereocenters. The van der Waals surface area contributed by atoms with Crippen LogP contribution in [-0.4, -0.2) is 28.3 Å². The number of esters is 1. The maximum atomic E-state index is 13.6. The smallest absolute Gasteiger partial charge is 0.309 e. The summed E-state index contributed by atoms with van der Waals surface area (Å²) in [5, 5.41) is 9.95. The van der Waals surface area contributed by atoms with Crippen LogP contribution in [0.25, 0.3) is 17.2 Å². The molecule has 3 aromatic rings. The molecule has 176 valence electrons. The molecule has 0 radical (unpaired) electrons. The van der Waals surface area contributed by atoms with E-state index in [0.29, 0.717) is 18.8 Å². The molecule has 0 unspecified atom stereocenters. The van der Waals surface area contributed by atoms with Gasteiger partial charge in [0, 0.05) is 12.6 Å². The number of halogens is 1. The van der Waals surface area contributed by atoms with Crippen LogP contribution in [0, 0.1) is 5.82 Å². The van der Waals surface area contributed by atoms with Crippen molar-refractivity contribution < 1.29 is 23.8 Å². The lowest BCUT2D eigenvalue weighted by molar-refractivity contribution is -0.156. The van der Waals surface area contributed by atoms with Gasteiger partial charge in [-0.15, -0.1) is 0 Å². The Kier molecular flexibility index (Phi) is 7.38. The average molecular weight is 462 g/mol. The highest BCUT2D eigenvalue weighted by molar-refractivity contribution is 5.79. The number of pyridine rings is 1. The van der Waals surface area contributed by atoms with Crippen LogP contribution in [0.4, 0.5) is 4.39 Å². The molecule has 0 saturated carbocycles. The summed E-state index contributed by atoms with van der Waals surface area (Å²) in [7, 11) is 0. The number of cyclic esters (lactones) is 1. The fourth-order valence-corrected chi connectivity index (χ4v) is 4.03. The normalized spacial score (nSPS) is 18.3. The lowest BCUT2D eigenvalue weighted by Gasteiger charge is -2.24. The first-order chi connectivity index (χ1) is 16.4. The minimum absolute atomic E-state index is 0.0186. The Balaban J connectivity index is 1.73. The predicted molar refractivity (Wildman–Crippen MR) is 129 cm³/mol. The number of aromatic nitrogens is 1. The van der Waals surface area contributed by atoms with Crippen molar-refractivity contribution in [1.29, 1.82) is 0 Å². The zero-order chi connectivity index (χ0) is 24.1. The summed E-state index contributed by atoms with van der Waals surface area (Å²) in [5.41, 5.74) is 4.51. The molecule has 0 aliphatic carbocycles. The first kappa shape index (κ1) is 23.6. The van der Waals surface area contributed by atoms with E-state index in [2.05, 4.69) is 18.8 Å². The van der Waals surface area contributed by atoms with Gasteiger partial charge in [0.25, 0.3) is 0 Å². The fraction of sp³-hybridized carbons (Fsp3) is 0.286. The van der Waals surface area contributed by atoms with E-state index in [1.807, 2.05) is 42.5 Å². The highest BCUT2D eigenvalue weighted by Gasteiger charge is 2.25. The van der Waals surface area contributed by atoms with Crippen molar-refractivity contribution >= 4 is 12.0 Å². The molecule has 34 heavy (non-hydrogen) atoms. The number of carbonyl (C=O) groups is 1. The van der Waals surface area contributed by atoms with Crippen LogP contribution in [0.1, 0.15) is 49.4 Å². The van der Waals surface area contributed by atoms with Gasteiger partial charge < -0.3 is 14.6 Å². The third kappa shape index (κ3) is 5.88. The quantitative estimate of drug-likeness (QED) is 0.459. The molecule has 0 spiro atoms. The number of ether oxygens (including phenoxy) is 2. The van der Waals surface area contributed by atoms with Crippen molar-refractivity contribution in [2.24, 2.45) is 0 Å². The maximum absolute atomic E-state index is 13.6. The van der Waals surface area contributed by atoms with Gasteiger partial charge in [0.2, 0.25) is 0 Å². The van der Waals surface area contributed by atoms with Crippen LogP contribution in [0.2, 0.25) is 0 Å². The molecular formula is C28H28FNO4. The van der Waals surface area contributed by atoms with Crippen LogP contribution in [-0.2, 0) is 16.1 Å². The van der Waals surface area contributed by atoms with E-state index in [1.54, 1.807) is 18.3 Å². The van der Waals surface area contributed by atoms with Crippen LogP contribution in [0.15, 0.2) is 66.9 Å². The van der Waals surface area contributed by atoms with Crippen molar-refractivity contribution in [2.45, 2.75) is 51.4 Å². The summed E-state index contributed by atoms with van der Waals surface area (Å²) in [4.78, 5) is 16.1. The monoisotopic (exact) mass is 461 g/mol. The van der Waals surface area contributed by atoms with Crippen molar-refractivity contribution in [3.05, 3.63) is 89.5 Å². The van der Waals surface area contributed by atoms with E-state index in [4.69, 9.17) is 9.47 Å². The topological polar surface area (TPSA) is 68.7 Å². The second-order valence-electron chi connectivity index (χ2n) is 8.73. The highest BCUT2D eigenvalue weighted by atomic mass is 19.1. The maximum Gasteiger partial charge on any atom is 0.309 e. The Hall–Kier alpha value is -3.51. The van der Waals surface area contributed by atoms with Gasteiger partial charge in [-0.25, -0.2) is 4.39 Å². The minimum atomic E-state index is -0.709. The first-order valence-corrected chi connectivity index (χ1v) is 11.4. The number of carbonyl (C=O) groups excluding carboxylic acids is 1. The van der Waals surface area contributed by atoms with Crippen molar-refractivity contribution in [3.8, 4) is 16.9 Å². The van der Waals surface area contributed by atoms with E-state index < -0.39 is 18.2 Å². The number of rotatable bonds is 7. The molecule has 2 heterocycles. The summed E-state index contributed by atoms with van der Waals surface area (Å²) in [6, 6.07) is 15.9. The van der Waals surface area contributed by atoms with Gasteiger partial charge in [0.1, 0.15) is 24.3 Å². The van der Waals surface area contributed by atoms with E-state index in [-0.39, 0.29) is 18.2 Å². The second kappa shape index (κ2) is 10.6. The van der Waals surface area contributed by atoms with Gasteiger partial charge >= 0.3 is 5.97 Å². The molecule has 6 heteroatoms. The highest BCUT2D eigenvalue weighted by Crippen LogP contribution is 2.36. The number of aliphatic hydroxyl groups is 1. The van der Waals surface area contributed by atoms with E-state index >= 15 is 0 Å². The second-order valence-corrected chi connectivity index (χ2v) is 8.73. The molecule has 0 amide bonds. The van der Waals surface area contributed by atoms with E-state index in [1.165, 1.54) is 12.1 Å². The van der Waals surface area contributed by atoms with Crippen molar-refractivity contribution in [3.63, 3.8) is 0 Å². The number of nitrogens with zero attached hydrogens (tertiary/aromatic N) is 1. The van der Waals surface area contributed by atoms with Crippen LogP contribution in [0.5, 0.6) is 5.75 Å². The van der Waals surface area contributed by atoms with Gasteiger partial charge in [0.15, 0.2) is 0 Å². The van der Waals surface area contributed by atoms with Crippen molar-refractivity contribution in [1.82, 2.24) is 4.98 Å². The average Bonchev–Trinajstić information content (AvgIpc) is 2.82. The molecule has 1 N–H and O–H groups in total. The van der Waals surface area contributed by atoms with Gasteiger partial charge in [-0.2, -0.15) is 0 Å². The number of aliphatic hydroxyl groups excluding tert-OH is 1. The molecule has 2 aromatic carbocycles. The van der Waals surface area contributed by atoms with Crippen LogP contribution >= 0.6 is 0 Å². The minimum Gasteiger partial charge on any atom is -0.487 e. The third-order valence-corrected chi connectivity index (χ3v) is 5.74. The Morgan fingerprint density at radius 2 is 2.00 bits per heavy atom. The Morgan fingerprint density at radius 1 is 1.21 bits per heavy atom. The number of benzene rings is 2. The molecule has 1 aliphatic heterocycles. The van der Waals surface area contributed by atoms with Crippen LogP contribution < -0.4 is 4.74 Å². The standard InChI is InChI=1S/C28H28FNO4/c1-18(2)26-15-24(33-17-21-5-3-4-12-30-21)16-27(19-6-8-20(29)9-7-19)25(26)11-10-23-13-22(31)14-28(32)34-23/h3-12,15-16,18,22-23,31H,13-14,17H2,1-2H3/t22-,23-/m1/s1. The molecule has 1 saturated heterocycles. The summed E-state index contributed by atoms with van der Waals surface area (Å²) < 4.78 is 25.1. The Morgan fingerprint density at radius 3 is 2.68 bits per heavy atom. The third-order valence-electron chi connectivity index (χ3n) is 5.74. The molecule has 1 fully saturated rings. The molecule has 4 rings (SSSR count). The van der Waals surface area contributed by atoms with Gasteiger partial charge in [0.05, 0.1) is 18.2 Å². The van der Waals surface area contributed by atoms with Gasteiger partial charge in [-0.1, -0.05) is 38.1 Å². The van der Waals surface area contributed by atoms with Gasteiger partial charge in [-0.3, -0.25) is 9.78 Å². The molecule has 5 nitrogen and oxygen atoms in total. The lowest BCUT2D eigenvalue weighted by Crippen LogP contribution is -2.31. The summed E-state index contributed by atoms with van der Waals surface area (Å²) >= 11 is 0. The number of hydrogen-bond acceptors (Lipinski definition) is 5. The van der Waals surface area contributed by atoms with Gasteiger partial charge in [-0.05, 0) is 70.6 Å². The summed E-state index contributed by atoms with van der Waals surface area (Å²) in [6.07, 6.45) is 4.62. The van der Waals surface area contributed by atoms with Crippen LogP contribution in [0.3, 0.4) is 0 Å². The lowest BCUT2D eigenvalue weighted by atomic mass is 9.89. The molecule has 0 bridgehead atoms. The van der Waals surface area contributed by atoms with E-state index in [9.17, 15) is 14.3 Å². The SMILES string of the molecule is CC(C)c1cc(OCc2ccccn2)cc(-c2ccc(F)cc2)c1C=C[C@@H]1C[C@@H](O)CC(=O)O1. The Bertz CT molecular complexity index is 1160. The summed E-state index contributed by atoms with van der Waals surface area (Å²) in [5.74, 6) is 0.132. The zero-order valence-electron chi connectivity index (χ0n) is 19.3. The molecular weight excluding hydrogens is 433 g/mol. The van der Waals surface area contributed by atoms with Crippen molar-refractivity contribution in [2.75, 3.05) is 0 Å². The molecule has 1 aliphatic rings. The molecule has 1 aromatic heterocycles. The zero-order valence-corrected chi connectivity index (χ0v) is 19.3. The Labute approximate surface area is 198 Å². The number of hydrogen-bond donors (Lipinski definition) is 1. The summed E-state index contributed by atoms with van der Waals surface area (Å²) in [6.45, 7) is 4.51. The largest absolute Gasteiger partial charge is 0.487 e. The van der Waals surface area contributed by atoms with E-state index in [0.717, 1.165) is 27.9 Å². The first-order valence-electron chi connectivity index (χ1n) is 11.4.